The molecule has 0 saturated heterocycles. The third kappa shape index (κ3) is 5.56. The van der Waals surface area contributed by atoms with Gasteiger partial charge in [-0.25, -0.2) is 5.43 Å². The van der Waals surface area contributed by atoms with Gasteiger partial charge in [0.15, 0.2) is 0 Å². The fourth-order valence-electron chi connectivity index (χ4n) is 1.85. The molecule has 0 fully saturated rings. The molecule has 2 aromatic carbocycles. The van der Waals surface area contributed by atoms with Crippen LogP contribution >= 0.6 is 11.6 Å². The molecule has 6 heteroatoms. The highest BCUT2D eigenvalue weighted by molar-refractivity contribution is 6.30. The summed E-state index contributed by atoms with van der Waals surface area (Å²) >= 11 is 5.84. The Bertz CT molecular complexity index is 744. The lowest BCUT2D eigenvalue weighted by molar-refractivity contribution is -0.120. The van der Waals surface area contributed by atoms with Gasteiger partial charge in [-0.1, -0.05) is 41.4 Å². The molecule has 0 spiro atoms. The molecule has 2 aromatic rings. The maximum atomic E-state index is 11.9. The second-order valence-electron chi connectivity index (χ2n) is 4.90. The highest BCUT2D eigenvalue weighted by Gasteiger charge is 2.07. The number of hydrogen-bond acceptors (Lipinski definition) is 3. The van der Waals surface area contributed by atoms with Gasteiger partial charge < -0.3 is 5.32 Å². The minimum absolute atomic E-state index is 0.153. The third-order valence-corrected chi connectivity index (χ3v) is 3.18. The zero-order chi connectivity index (χ0) is 16.7. The molecule has 0 bridgehead atoms. The van der Waals surface area contributed by atoms with Crippen molar-refractivity contribution in [3.05, 3.63) is 70.2 Å². The highest BCUT2D eigenvalue weighted by Crippen LogP contribution is 2.08. The number of halogens is 1. The van der Waals surface area contributed by atoms with Crippen LogP contribution in [0.4, 0.5) is 0 Å². The van der Waals surface area contributed by atoms with E-state index in [2.05, 4.69) is 15.8 Å². The van der Waals surface area contributed by atoms with Crippen molar-refractivity contribution in [1.29, 1.82) is 0 Å². The number of benzene rings is 2. The maximum Gasteiger partial charge on any atom is 0.259 e. The van der Waals surface area contributed by atoms with Gasteiger partial charge in [0, 0.05) is 10.6 Å². The Morgan fingerprint density at radius 3 is 2.70 bits per heavy atom. The topological polar surface area (TPSA) is 70.6 Å². The van der Waals surface area contributed by atoms with E-state index in [-0.39, 0.29) is 12.5 Å². The quantitative estimate of drug-likeness (QED) is 0.653. The van der Waals surface area contributed by atoms with Gasteiger partial charge in [-0.2, -0.15) is 5.10 Å². The van der Waals surface area contributed by atoms with E-state index in [0.717, 1.165) is 11.1 Å². The van der Waals surface area contributed by atoms with E-state index < -0.39 is 5.91 Å². The standard InChI is InChI=1S/C17H16ClN3O2/c1-12-4-2-6-14(8-12)17(23)19-11-16(22)21-20-10-13-5-3-7-15(18)9-13/h2-10H,11H2,1H3,(H,19,23)(H,21,22)/b20-10+. The smallest absolute Gasteiger partial charge is 0.259 e. The SMILES string of the molecule is Cc1cccc(C(=O)NCC(=O)N/N=C/c2cccc(Cl)c2)c1. The average Bonchev–Trinajstić information content (AvgIpc) is 2.52. The summed E-state index contributed by atoms with van der Waals surface area (Å²) in [5.41, 5.74) is 4.60. The van der Waals surface area contributed by atoms with Crippen molar-refractivity contribution in [2.75, 3.05) is 6.54 Å². The fraction of sp³-hybridized carbons (Fsp3) is 0.118. The first-order valence-electron chi connectivity index (χ1n) is 6.97. The zero-order valence-electron chi connectivity index (χ0n) is 12.5. The zero-order valence-corrected chi connectivity index (χ0v) is 13.3. The predicted octanol–water partition coefficient (Wildman–Crippen LogP) is 2.53. The Hall–Kier alpha value is -2.66. The summed E-state index contributed by atoms with van der Waals surface area (Å²) in [5.74, 6) is -0.716. The molecule has 118 valence electrons. The summed E-state index contributed by atoms with van der Waals surface area (Å²) in [6.45, 7) is 1.74. The number of hydrogen-bond donors (Lipinski definition) is 2. The van der Waals surface area contributed by atoms with Gasteiger partial charge in [0.1, 0.15) is 0 Å². The van der Waals surface area contributed by atoms with Gasteiger partial charge in [0.2, 0.25) is 0 Å². The van der Waals surface area contributed by atoms with Crippen LogP contribution in [0.25, 0.3) is 0 Å². The molecule has 0 aliphatic rings. The van der Waals surface area contributed by atoms with Gasteiger partial charge in [-0.3, -0.25) is 9.59 Å². The molecule has 5 nitrogen and oxygen atoms in total. The van der Waals surface area contributed by atoms with Crippen LogP contribution in [0.15, 0.2) is 53.6 Å². The van der Waals surface area contributed by atoms with E-state index in [9.17, 15) is 9.59 Å². The van der Waals surface area contributed by atoms with Crippen molar-refractivity contribution in [1.82, 2.24) is 10.7 Å². The summed E-state index contributed by atoms with van der Waals surface area (Å²) in [6.07, 6.45) is 1.48. The van der Waals surface area contributed by atoms with Gasteiger partial charge in [0.25, 0.3) is 11.8 Å². The van der Waals surface area contributed by atoms with Gasteiger partial charge in [0.05, 0.1) is 12.8 Å². The van der Waals surface area contributed by atoms with Gasteiger partial charge in [-0.15, -0.1) is 0 Å². The number of aryl methyl sites for hydroxylation is 1. The molecule has 2 N–H and O–H groups in total. The van der Waals surface area contributed by atoms with E-state index >= 15 is 0 Å². The van der Waals surface area contributed by atoms with Crippen LogP contribution in [0.3, 0.4) is 0 Å². The number of hydrazone groups is 1. The van der Waals surface area contributed by atoms with Crippen LogP contribution in [0, 0.1) is 6.92 Å². The number of amides is 2. The monoisotopic (exact) mass is 329 g/mol. The summed E-state index contributed by atoms with van der Waals surface area (Å²) in [6, 6.07) is 14.2. The number of nitrogens with one attached hydrogen (secondary N) is 2. The second kappa shape index (κ2) is 8.10. The molecule has 2 rings (SSSR count). The molecule has 2 amide bonds. The molecule has 0 aromatic heterocycles. The minimum atomic E-state index is -0.413. The summed E-state index contributed by atoms with van der Waals surface area (Å²) in [4.78, 5) is 23.5. The lowest BCUT2D eigenvalue weighted by Gasteiger charge is -2.05. The molecule has 0 heterocycles. The molecule has 0 aliphatic heterocycles. The van der Waals surface area contributed by atoms with Crippen molar-refractivity contribution in [2.45, 2.75) is 6.92 Å². The number of carbonyl (C=O) groups excluding carboxylic acids is 2. The Kier molecular flexibility index (Phi) is 5.88. The van der Waals surface area contributed by atoms with E-state index in [1.54, 1.807) is 42.5 Å². The highest BCUT2D eigenvalue weighted by atomic mass is 35.5. The molecule has 0 unspecified atom stereocenters. The second-order valence-corrected chi connectivity index (χ2v) is 5.34. The van der Waals surface area contributed by atoms with Crippen LogP contribution < -0.4 is 10.7 Å². The Labute approximate surface area is 139 Å². The summed E-state index contributed by atoms with van der Waals surface area (Å²) < 4.78 is 0. The van der Waals surface area contributed by atoms with E-state index in [0.29, 0.717) is 10.6 Å². The normalized spacial score (nSPS) is 10.5. The number of carbonyl (C=O) groups is 2. The van der Waals surface area contributed by atoms with Crippen molar-refractivity contribution >= 4 is 29.6 Å². The Morgan fingerprint density at radius 1 is 1.17 bits per heavy atom. The fourth-order valence-corrected chi connectivity index (χ4v) is 2.05. The molecular weight excluding hydrogens is 314 g/mol. The number of nitrogens with zero attached hydrogens (tertiary/aromatic N) is 1. The maximum absolute atomic E-state index is 11.9. The van der Waals surface area contributed by atoms with Crippen LogP contribution in [0.2, 0.25) is 5.02 Å². The van der Waals surface area contributed by atoms with E-state index in [1.807, 2.05) is 13.0 Å². The lowest BCUT2D eigenvalue weighted by atomic mass is 10.1. The summed E-state index contributed by atoms with van der Waals surface area (Å²) in [7, 11) is 0. The number of rotatable bonds is 5. The third-order valence-electron chi connectivity index (χ3n) is 2.94. The predicted molar refractivity (Wildman–Crippen MR) is 90.7 cm³/mol. The van der Waals surface area contributed by atoms with Gasteiger partial charge >= 0.3 is 0 Å². The van der Waals surface area contributed by atoms with Crippen molar-refractivity contribution in [2.24, 2.45) is 5.10 Å². The van der Waals surface area contributed by atoms with Crippen LogP contribution in [-0.4, -0.2) is 24.6 Å². The first-order valence-corrected chi connectivity index (χ1v) is 7.35. The Morgan fingerprint density at radius 2 is 1.96 bits per heavy atom. The minimum Gasteiger partial charge on any atom is -0.343 e. The lowest BCUT2D eigenvalue weighted by Crippen LogP contribution is -2.34. The first-order chi connectivity index (χ1) is 11.0. The van der Waals surface area contributed by atoms with Crippen LogP contribution in [0.5, 0.6) is 0 Å². The molecule has 0 saturated carbocycles. The van der Waals surface area contributed by atoms with Gasteiger partial charge in [-0.05, 0) is 36.8 Å². The van der Waals surface area contributed by atoms with Crippen LogP contribution in [-0.2, 0) is 4.79 Å². The summed E-state index contributed by atoms with van der Waals surface area (Å²) in [5, 5.41) is 6.94. The molecule has 0 aliphatic carbocycles. The largest absolute Gasteiger partial charge is 0.343 e. The molecular formula is C17H16ClN3O2. The van der Waals surface area contributed by atoms with E-state index in [4.69, 9.17) is 11.6 Å². The van der Waals surface area contributed by atoms with Crippen molar-refractivity contribution in [3.8, 4) is 0 Å². The molecule has 0 atom stereocenters. The first kappa shape index (κ1) is 16.7. The molecule has 0 radical (unpaired) electrons. The molecule has 23 heavy (non-hydrogen) atoms. The van der Waals surface area contributed by atoms with Crippen molar-refractivity contribution in [3.63, 3.8) is 0 Å². The Balaban J connectivity index is 1.80. The van der Waals surface area contributed by atoms with E-state index in [1.165, 1.54) is 6.21 Å². The van der Waals surface area contributed by atoms with Crippen LogP contribution in [0.1, 0.15) is 21.5 Å². The van der Waals surface area contributed by atoms with Crippen molar-refractivity contribution < 1.29 is 9.59 Å². The average molecular weight is 330 g/mol.